The Bertz CT molecular complexity index is 698. The Hall–Kier alpha value is -1.23. The predicted molar refractivity (Wildman–Crippen MR) is 82.9 cm³/mol. The SMILES string of the molecule is CCC(C1CCCCC1)n1c(=S)[nH]c2ccc(F)c(F)c21. The fraction of sp³-hybridized carbons (Fsp3) is 0.562. The van der Waals surface area contributed by atoms with Gasteiger partial charge in [0.05, 0.1) is 5.52 Å². The Morgan fingerprint density at radius 2 is 2.00 bits per heavy atom. The minimum Gasteiger partial charge on any atom is -0.330 e. The Balaban J connectivity index is 2.15. The van der Waals surface area contributed by atoms with Crippen molar-refractivity contribution >= 4 is 23.3 Å². The van der Waals surface area contributed by atoms with Crippen LogP contribution < -0.4 is 0 Å². The molecule has 0 amide bonds. The molecule has 1 aromatic carbocycles. The van der Waals surface area contributed by atoms with Crippen LogP contribution in [0.25, 0.3) is 11.0 Å². The lowest BCUT2D eigenvalue weighted by Gasteiger charge is -2.31. The lowest BCUT2D eigenvalue weighted by Crippen LogP contribution is -2.22. The molecule has 0 spiro atoms. The van der Waals surface area contributed by atoms with Crippen molar-refractivity contribution in [3.63, 3.8) is 0 Å². The van der Waals surface area contributed by atoms with Crippen LogP contribution in [0.2, 0.25) is 0 Å². The normalized spacial score (nSPS) is 18.2. The summed E-state index contributed by atoms with van der Waals surface area (Å²) in [6.45, 7) is 2.09. The van der Waals surface area contributed by atoms with Gasteiger partial charge in [-0.15, -0.1) is 0 Å². The van der Waals surface area contributed by atoms with Crippen LogP contribution in [0.5, 0.6) is 0 Å². The number of nitrogens with zero attached hydrogens (tertiary/aromatic N) is 1. The summed E-state index contributed by atoms with van der Waals surface area (Å²) in [7, 11) is 0. The highest BCUT2D eigenvalue weighted by molar-refractivity contribution is 7.71. The molecule has 0 bridgehead atoms. The number of aromatic amines is 1. The van der Waals surface area contributed by atoms with Crippen molar-refractivity contribution in [2.24, 2.45) is 5.92 Å². The summed E-state index contributed by atoms with van der Waals surface area (Å²) in [5.41, 5.74) is 0.866. The van der Waals surface area contributed by atoms with E-state index in [1.165, 1.54) is 19.3 Å². The maximum atomic E-state index is 14.3. The second-order valence-electron chi connectivity index (χ2n) is 5.93. The molecule has 1 unspecified atom stereocenters. The number of H-pyrrole nitrogens is 1. The quantitative estimate of drug-likeness (QED) is 0.741. The first kappa shape index (κ1) is 14.7. The summed E-state index contributed by atoms with van der Waals surface area (Å²) >= 11 is 5.39. The zero-order chi connectivity index (χ0) is 15.0. The first-order chi connectivity index (χ1) is 10.1. The molecule has 1 fully saturated rings. The predicted octanol–water partition coefficient (Wildman–Crippen LogP) is 5.51. The van der Waals surface area contributed by atoms with Gasteiger partial charge in [-0.1, -0.05) is 26.2 Å². The molecule has 5 heteroatoms. The average molecular weight is 310 g/mol. The maximum Gasteiger partial charge on any atom is 0.184 e. The summed E-state index contributed by atoms with van der Waals surface area (Å²) in [4.78, 5) is 3.02. The van der Waals surface area contributed by atoms with E-state index in [1.807, 2.05) is 4.57 Å². The fourth-order valence-corrected chi connectivity index (χ4v) is 4.05. The van der Waals surface area contributed by atoms with E-state index in [2.05, 4.69) is 11.9 Å². The summed E-state index contributed by atoms with van der Waals surface area (Å²) < 4.78 is 30.2. The summed E-state index contributed by atoms with van der Waals surface area (Å²) in [5, 5.41) is 0. The largest absolute Gasteiger partial charge is 0.330 e. The van der Waals surface area contributed by atoms with Crippen LogP contribution in [0, 0.1) is 22.3 Å². The zero-order valence-corrected chi connectivity index (χ0v) is 13.0. The number of rotatable bonds is 3. The summed E-state index contributed by atoms with van der Waals surface area (Å²) in [6, 6.07) is 2.85. The second-order valence-corrected chi connectivity index (χ2v) is 6.32. The van der Waals surface area contributed by atoms with E-state index in [4.69, 9.17) is 12.2 Å². The highest BCUT2D eigenvalue weighted by Gasteiger charge is 2.27. The van der Waals surface area contributed by atoms with Crippen LogP contribution in [-0.2, 0) is 0 Å². The van der Waals surface area contributed by atoms with E-state index in [9.17, 15) is 8.78 Å². The number of benzene rings is 1. The third-order valence-corrected chi connectivity index (χ3v) is 5.01. The topological polar surface area (TPSA) is 20.7 Å². The van der Waals surface area contributed by atoms with Crippen LogP contribution in [0.15, 0.2) is 12.1 Å². The number of hydrogen-bond donors (Lipinski definition) is 1. The molecular formula is C16H20F2N2S. The Kier molecular flexibility index (Phi) is 4.11. The van der Waals surface area contributed by atoms with Crippen molar-refractivity contribution in [3.8, 4) is 0 Å². The number of imidazole rings is 1. The van der Waals surface area contributed by atoms with E-state index in [1.54, 1.807) is 6.07 Å². The summed E-state index contributed by atoms with van der Waals surface area (Å²) in [5.74, 6) is -1.12. The molecular weight excluding hydrogens is 290 g/mol. The molecule has 114 valence electrons. The molecule has 3 rings (SSSR count). The van der Waals surface area contributed by atoms with Crippen molar-refractivity contribution in [3.05, 3.63) is 28.5 Å². The highest BCUT2D eigenvalue weighted by atomic mass is 32.1. The molecule has 0 aliphatic heterocycles. The lowest BCUT2D eigenvalue weighted by atomic mass is 9.82. The van der Waals surface area contributed by atoms with Crippen LogP contribution in [0.3, 0.4) is 0 Å². The van der Waals surface area contributed by atoms with E-state index in [-0.39, 0.29) is 11.6 Å². The van der Waals surface area contributed by atoms with Gasteiger partial charge in [0.25, 0.3) is 0 Å². The first-order valence-electron chi connectivity index (χ1n) is 7.71. The van der Waals surface area contributed by atoms with Gasteiger partial charge in [-0.25, -0.2) is 8.78 Å². The van der Waals surface area contributed by atoms with Gasteiger partial charge >= 0.3 is 0 Å². The monoisotopic (exact) mass is 310 g/mol. The second kappa shape index (κ2) is 5.87. The number of aromatic nitrogens is 2. The molecule has 2 nitrogen and oxygen atoms in total. The molecule has 1 heterocycles. The number of halogens is 2. The third kappa shape index (κ3) is 2.52. The number of hydrogen-bond acceptors (Lipinski definition) is 1. The average Bonchev–Trinajstić information content (AvgIpc) is 2.83. The van der Waals surface area contributed by atoms with Crippen molar-refractivity contribution in [2.75, 3.05) is 0 Å². The van der Waals surface area contributed by atoms with E-state index < -0.39 is 11.6 Å². The number of fused-ring (bicyclic) bond motifs is 1. The van der Waals surface area contributed by atoms with Crippen molar-refractivity contribution in [1.82, 2.24) is 9.55 Å². The van der Waals surface area contributed by atoms with Gasteiger partial charge in [0.15, 0.2) is 16.4 Å². The van der Waals surface area contributed by atoms with Gasteiger partial charge in [0, 0.05) is 6.04 Å². The maximum absolute atomic E-state index is 14.3. The minimum atomic E-state index is -0.816. The van der Waals surface area contributed by atoms with Crippen LogP contribution in [0.4, 0.5) is 8.78 Å². The molecule has 1 aliphatic carbocycles. The van der Waals surface area contributed by atoms with E-state index >= 15 is 0 Å². The van der Waals surface area contributed by atoms with Gasteiger partial charge in [0.2, 0.25) is 0 Å². The van der Waals surface area contributed by atoms with Crippen LogP contribution in [0.1, 0.15) is 51.5 Å². The zero-order valence-electron chi connectivity index (χ0n) is 12.2. The smallest absolute Gasteiger partial charge is 0.184 e. The standard InChI is InChI=1S/C16H20F2N2S/c1-2-13(10-6-4-3-5-7-10)20-15-12(19-16(20)21)9-8-11(17)14(15)18/h8-10,13H,2-7H2,1H3,(H,19,21). The molecule has 21 heavy (non-hydrogen) atoms. The molecule has 1 saturated carbocycles. The van der Waals surface area contributed by atoms with Crippen LogP contribution in [-0.4, -0.2) is 9.55 Å². The molecule has 1 aliphatic rings. The number of nitrogens with one attached hydrogen (secondary N) is 1. The van der Waals surface area contributed by atoms with Gasteiger partial charge in [-0.05, 0) is 49.5 Å². The van der Waals surface area contributed by atoms with Crippen molar-refractivity contribution < 1.29 is 8.78 Å². The molecule has 1 aromatic heterocycles. The molecule has 2 aromatic rings. The lowest BCUT2D eigenvalue weighted by molar-refractivity contribution is 0.244. The van der Waals surface area contributed by atoms with Gasteiger partial charge in [-0.2, -0.15) is 0 Å². The van der Waals surface area contributed by atoms with Crippen LogP contribution >= 0.6 is 12.2 Å². The first-order valence-corrected chi connectivity index (χ1v) is 8.12. The molecule has 0 saturated heterocycles. The minimum absolute atomic E-state index is 0.142. The van der Waals surface area contributed by atoms with Gasteiger partial charge in [0.1, 0.15) is 5.52 Å². The van der Waals surface area contributed by atoms with Gasteiger partial charge < -0.3 is 9.55 Å². The molecule has 1 atom stereocenters. The Morgan fingerprint density at radius 3 is 2.67 bits per heavy atom. The van der Waals surface area contributed by atoms with Crippen molar-refractivity contribution in [2.45, 2.75) is 51.5 Å². The summed E-state index contributed by atoms with van der Waals surface area (Å²) in [6.07, 6.45) is 6.87. The van der Waals surface area contributed by atoms with Gasteiger partial charge in [-0.3, -0.25) is 0 Å². The molecule has 0 radical (unpaired) electrons. The Morgan fingerprint density at radius 1 is 1.29 bits per heavy atom. The molecule has 1 N–H and O–H groups in total. The Labute approximate surface area is 128 Å². The van der Waals surface area contributed by atoms with Crippen molar-refractivity contribution in [1.29, 1.82) is 0 Å². The highest BCUT2D eigenvalue weighted by Crippen LogP contribution is 2.37. The van der Waals surface area contributed by atoms with E-state index in [0.29, 0.717) is 16.2 Å². The third-order valence-electron chi connectivity index (χ3n) is 4.71. The van der Waals surface area contributed by atoms with E-state index in [0.717, 1.165) is 25.3 Å². The fourth-order valence-electron chi connectivity index (χ4n) is 3.72.